The molecule has 0 spiro atoms. The Morgan fingerprint density at radius 2 is 2.57 bits per heavy atom. The van der Waals surface area contributed by atoms with Crippen molar-refractivity contribution in [3.8, 4) is 6.07 Å². The standard InChI is InChI=1S/C9H10N2O2S/c10-3-5-14-7-9(12)11-6-8-2-1-4-13-8/h1-2,4H,5-7H2,(H,11,12). The summed E-state index contributed by atoms with van der Waals surface area (Å²) >= 11 is 1.29. The van der Waals surface area contributed by atoms with Gasteiger partial charge in [0.2, 0.25) is 5.91 Å². The van der Waals surface area contributed by atoms with Crippen LogP contribution in [0.25, 0.3) is 0 Å². The van der Waals surface area contributed by atoms with Crippen LogP contribution in [0.4, 0.5) is 0 Å². The predicted molar refractivity (Wildman–Crippen MR) is 53.5 cm³/mol. The minimum Gasteiger partial charge on any atom is -0.467 e. The van der Waals surface area contributed by atoms with Crippen LogP contribution in [-0.2, 0) is 11.3 Å². The number of hydrogen-bond donors (Lipinski definition) is 1. The van der Waals surface area contributed by atoms with Crippen LogP contribution in [-0.4, -0.2) is 17.4 Å². The Hall–Kier alpha value is -1.41. The van der Waals surface area contributed by atoms with E-state index in [0.717, 1.165) is 5.76 Å². The molecule has 1 aromatic heterocycles. The quantitative estimate of drug-likeness (QED) is 0.740. The highest BCUT2D eigenvalue weighted by Crippen LogP contribution is 2.00. The fourth-order valence-corrected chi connectivity index (χ4v) is 1.32. The second kappa shape index (κ2) is 6.11. The van der Waals surface area contributed by atoms with Crippen LogP contribution in [0, 0.1) is 11.3 Å². The van der Waals surface area contributed by atoms with Crippen molar-refractivity contribution in [3.05, 3.63) is 24.2 Å². The molecule has 1 aromatic rings. The van der Waals surface area contributed by atoms with E-state index in [-0.39, 0.29) is 5.91 Å². The monoisotopic (exact) mass is 210 g/mol. The van der Waals surface area contributed by atoms with Crippen LogP contribution in [0.5, 0.6) is 0 Å². The van der Waals surface area contributed by atoms with Gasteiger partial charge < -0.3 is 9.73 Å². The molecule has 0 aliphatic rings. The maximum Gasteiger partial charge on any atom is 0.230 e. The Kier molecular flexibility index (Phi) is 4.65. The number of rotatable bonds is 5. The van der Waals surface area contributed by atoms with Crippen LogP contribution >= 0.6 is 11.8 Å². The van der Waals surface area contributed by atoms with E-state index in [2.05, 4.69) is 5.32 Å². The Bertz CT molecular complexity index is 316. The average Bonchev–Trinajstić information content (AvgIpc) is 2.68. The first kappa shape index (κ1) is 10.7. The van der Waals surface area contributed by atoms with E-state index >= 15 is 0 Å². The predicted octanol–water partition coefficient (Wildman–Crippen LogP) is 1.15. The lowest BCUT2D eigenvalue weighted by Crippen LogP contribution is -2.24. The van der Waals surface area contributed by atoms with Gasteiger partial charge in [-0.05, 0) is 12.1 Å². The zero-order valence-corrected chi connectivity index (χ0v) is 8.34. The minimum atomic E-state index is -0.0818. The molecule has 0 atom stereocenters. The molecule has 0 unspecified atom stereocenters. The van der Waals surface area contributed by atoms with E-state index in [1.165, 1.54) is 11.8 Å². The van der Waals surface area contributed by atoms with Gasteiger partial charge in [0, 0.05) is 0 Å². The van der Waals surface area contributed by atoms with Crippen LogP contribution in [0.15, 0.2) is 22.8 Å². The van der Waals surface area contributed by atoms with Gasteiger partial charge in [-0.15, -0.1) is 11.8 Å². The molecule has 1 rings (SSSR count). The number of nitrogens with zero attached hydrogens (tertiary/aromatic N) is 1. The molecule has 0 aromatic carbocycles. The van der Waals surface area contributed by atoms with Crippen molar-refractivity contribution in [2.24, 2.45) is 0 Å². The highest BCUT2D eigenvalue weighted by Gasteiger charge is 2.01. The van der Waals surface area contributed by atoms with Gasteiger partial charge in [-0.3, -0.25) is 4.79 Å². The zero-order chi connectivity index (χ0) is 10.2. The summed E-state index contributed by atoms with van der Waals surface area (Å²) in [6.45, 7) is 0.402. The second-order valence-electron chi connectivity index (χ2n) is 2.51. The van der Waals surface area contributed by atoms with Gasteiger partial charge in [0.1, 0.15) is 5.76 Å². The van der Waals surface area contributed by atoms with Crippen molar-refractivity contribution < 1.29 is 9.21 Å². The van der Waals surface area contributed by atoms with E-state index in [1.54, 1.807) is 18.4 Å². The van der Waals surface area contributed by atoms with Crippen LogP contribution in [0.1, 0.15) is 5.76 Å². The fraction of sp³-hybridized carbons (Fsp3) is 0.333. The first-order valence-corrected chi connectivity index (χ1v) is 5.22. The second-order valence-corrected chi connectivity index (χ2v) is 3.49. The highest BCUT2D eigenvalue weighted by molar-refractivity contribution is 8.00. The summed E-state index contributed by atoms with van der Waals surface area (Å²) in [6, 6.07) is 5.52. The highest BCUT2D eigenvalue weighted by atomic mass is 32.2. The molecule has 1 N–H and O–H groups in total. The molecule has 14 heavy (non-hydrogen) atoms. The van der Waals surface area contributed by atoms with Crippen molar-refractivity contribution in [1.82, 2.24) is 5.32 Å². The molecule has 0 radical (unpaired) electrons. The van der Waals surface area contributed by atoms with Crippen molar-refractivity contribution in [1.29, 1.82) is 5.26 Å². The molecule has 0 saturated heterocycles. The Morgan fingerprint density at radius 1 is 1.71 bits per heavy atom. The van der Waals surface area contributed by atoms with Crippen molar-refractivity contribution in [3.63, 3.8) is 0 Å². The van der Waals surface area contributed by atoms with Crippen molar-refractivity contribution in [2.75, 3.05) is 11.5 Å². The molecular formula is C9H10N2O2S. The molecule has 0 aliphatic carbocycles. The summed E-state index contributed by atoms with van der Waals surface area (Å²) in [5.74, 6) is 1.30. The first-order chi connectivity index (χ1) is 6.83. The van der Waals surface area contributed by atoms with Crippen LogP contribution in [0.3, 0.4) is 0 Å². The third-order valence-corrected chi connectivity index (χ3v) is 2.24. The van der Waals surface area contributed by atoms with E-state index < -0.39 is 0 Å². The number of furan rings is 1. The number of nitrogens with one attached hydrogen (secondary N) is 1. The Labute approximate surface area is 86.3 Å². The molecule has 0 fully saturated rings. The Morgan fingerprint density at radius 3 is 3.21 bits per heavy atom. The largest absolute Gasteiger partial charge is 0.467 e. The fourth-order valence-electron chi connectivity index (χ4n) is 0.839. The van der Waals surface area contributed by atoms with Gasteiger partial charge >= 0.3 is 0 Å². The molecular weight excluding hydrogens is 200 g/mol. The van der Waals surface area contributed by atoms with E-state index in [0.29, 0.717) is 18.1 Å². The summed E-state index contributed by atoms with van der Waals surface area (Å²) < 4.78 is 5.04. The lowest BCUT2D eigenvalue weighted by Gasteiger charge is -2.00. The lowest BCUT2D eigenvalue weighted by molar-refractivity contribution is -0.118. The first-order valence-electron chi connectivity index (χ1n) is 4.06. The van der Waals surface area contributed by atoms with Gasteiger partial charge in [-0.2, -0.15) is 5.26 Å². The van der Waals surface area contributed by atoms with Gasteiger partial charge in [-0.25, -0.2) is 0 Å². The number of nitriles is 1. The molecule has 0 saturated carbocycles. The average molecular weight is 210 g/mol. The summed E-state index contributed by atoms with van der Waals surface area (Å²) in [6.07, 6.45) is 1.56. The number of carbonyl (C=O) groups excluding carboxylic acids is 1. The zero-order valence-electron chi connectivity index (χ0n) is 7.53. The Balaban J connectivity index is 2.13. The summed E-state index contributed by atoms with van der Waals surface area (Å²) in [5.41, 5.74) is 0. The third kappa shape index (κ3) is 4.01. The lowest BCUT2D eigenvalue weighted by atomic mass is 10.4. The molecule has 5 heteroatoms. The third-order valence-electron chi connectivity index (χ3n) is 1.44. The number of amides is 1. The smallest absolute Gasteiger partial charge is 0.230 e. The molecule has 4 nitrogen and oxygen atoms in total. The summed E-state index contributed by atoms with van der Waals surface area (Å²) in [5, 5.41) is 10.9. The normalized spacial score (nSPS) is 9.36. The number of thioether (sulfide) groups is 1. The van der Waals surface area contributed by atoms with Gasteiger partial charge in [0.05, 0.1) is 30.4 Å². The van der Waals surface area contributed by atoms with Crippen molar-refractivity contribution in [2.45, 2.75) is 6.54 Å². The topological polar surface area (TPSA) is 66.0 Å². The number of hydrogen-bond acceptors (Lipinski definition) is 4. The van der Waals surface area contributed by atoms with E-state index in [1.807, 2.05) is 6.07 Å². The summed E-state index contributed by atoms with van der Waals surface area (Å²) in [7, 11) is 0. The van der Waals surface area contributed by atoms with Crippen molar-refractivity contribution >= 4 is 17.7 Å². The van der Waals surface area contributed by atoms with Gasteiger partial charge in [-0.1, -0.05) is 0 Å². The van der Waals surface area contributed by atoms with E-state index in [9.17, 15) is 4.79 Å². The minimum absolute atomic E-state index is 0.0818. The summed E-state index contributed by atoms with van der Waals surface area (Å²) in [4.78, 5) is 11.1. The van der Waals surface area contributed by atoms with Crippen LogP contribution < -0.4 is 5.32 Å². The van der Waals surface area contributed by atoms with Gasteiger partial charge in [0.25, 0.3) is 0 Å². The number of carbonyl (C=O) groups is 1. The van der Waals surface area contributed by atoms with Crippen LogP contribution in [0.2, 0.25) is 0 Å². The molecule has 74 valence electrons. The van der Waals surface area contributed by atoms with E-state index in [4.69, 9.17) is 9.68 Å². The van der Waals surface area contributed by atoms with Gasteiger partial charge in [0.15, 0.2) is 0 Å². The maximum atomic E-state index is 11.1. The molecule has 0 bridgehead atoms. The molecule has 1 amide bonds. The molecule has 0 aliphatic heterocycles. The molecule has 1 heterocycles. The SMILES string of the molecule is N#CCSCC(=O)NCc1ccco1. The maximum absolute atomic E-state index is 11.1.